The van der Waals surface area contributed by atoms with Gasteiger partial charge in [0.1, 0.15) is 11.5 Å². The highest BCUT2D eigenvalue weighted by molar-refractivity contribution is 5.92. The van der Waals surface area contributed by atoms with Crippen molar-refractivity contribution in [3.05, 3.63) is 54.1 Å². The van der Waals surface area contributed by atoms with Gasteiger partial charge in [0, 0.05) is 17.3 Å². The molecular weight excluding hydrogens is 304 g/mol. The van der Waals surface area contributed by atoms with E-state index >= 15 is 0 Å². The number of nitrogens with zero attached hydrogens (tertiary/aromatic N) is 1. The molecule has 3 N–H and O–H groups in total. The maximum Gasteiger partial charge on any atom is 0.387 e. The Bertz CT molecular complexity index is 664. The van der Waals surface area contributed by atoms with Gasteiger partial charge in [-0.2, -0.15) is 8.78 Å². The van der Waals surface area contributed by atoms with Crippen LogP contribution in [0.2, 0.25) is 0 Å². The van der Waals surface area contributed by atoms with E-state index in [9.17, 15) is 8.78 Å². The summed E-state index contributed by atoms with van der Waals surface area (Å²) in [5, 5.41) is 2.91. The average molecular weight is 321 g/mol. The van der Waals surface area contributed by atoms with Crippen molar-refractivity contribution in [1.29, 1.82) is 0 Å². The molecule has 0 saturated heterocycles. The van der Waals surface area contributed by atoms with Crippen LogP contribution in [0, 0.1) is 0 Å². The molecule has 0 spiro atoms. The Labute approximate surface area is 132 Å². The van der Waals surface area contributed by atoms with Gasteiger partial charge in [-0.3, -0.25) is 0 Å². The first-order chi connectivity index (χ1) is 11.1. The summed E-state index contributed by atoms with van der Waals surface area (Å²) in [6, 6.07) is 13.9. The second kappa shape index (κ2) is 7.98. The van der Waals surface area contributed by atoms with Crippen molar-refractivity contribution in [1.82, 2.24) is 0 Å². The molecular formula is C16H17F2N3O2. The number of hydrogen-bond acceptors (Lipinski definition) is 3. The molecule has 2 aromatic carbocycles. The summed E-state index contributed by atoms with van der Waals surface area (Å²) in [6.45, 7) is -2.83. The van der Waals surface area contributed by atoms with Gasteiger partial charge < -0.3 is 20.5 Å². The van der Waals surface area contributed by atoms with Crippen LogP contribution in [-0.2, 0) is 6.54 Å². The molecule has 23 heavy (non-hydrogen) atoms. The zero-order chi connectivity index (χ0) is 16.7. The molecule has 122 valence electrons. The smallest absolute Gasteiger partial charge is 0.387 e. The van der Waals surface area contributed by atoms with Crippen LogP contribution < -0.4 is 20.5 Å². The predicted molar refractivity (Wildman–Crippen MR) is 85.0 cm³/mol. The van der Waals surface area contributed by atoms with E-state index < -0.39 is 6.61 Å². The fourth-order valence-corrected chi connectivity index (χ4v) is 1.88. The van der Waals surface area contributed by atoms with Crippen molar-refractivity contribution in [2.75, 3.05) is 12.4 Å². The largest absolute Gasteiger partial charge is 0.497 e. The van der Waals surface area contributed by atoms with E-state index in [1.165, 1.54) is 13.2 Å². The Morgan fingerprint density at radius 3 is 2.61 bits per heavy atom. The predicted octanol–water partition coefficient (Wildman–Crippen LogP) is 3.22. The molecule has 7 heteroatoms. The molecule has 0 unspecified atom stereocenters. The Hall–Kier alpha value is -2.83. The van der Waals surface area contributed by atoms with E-state index in [-0.39, 0.29) is 18.3 Å². The SMILES string of the molecule is COc1ccc(CN=C(N)Nc2ccccc2)c(OC(F)F)c1. The second-order valence-corrected chi connectivity index (χ2v) is 4.54. The molecule has 0 bridgehead atoms. The van der Waals surface area contributed by atoms with Crippen LogP contribution in [0.5, 0.6) is 11.5 Å². The van der Waals surface area contributed by atoms with Gasteiger partial charge in [0.15, 0.2) is 5.96 Å². The van der Waals surface area contributed by atoms with Crippen LogP contribution in [0.15, 0.2) is 53.5 Å². The number of nitrogens with one attached hydrogen (secondary N) is 1. The van der Waals surface area contributed by atoms with Gasteiger partial charge in [0.25, 0.3) is 0 Å². The number of benzene rings is 2. The number of halogens is 2. The molecule has 0 amide bonds. The molecule has 0 aliphatic carbocycles. The summed E-state index contributed by atoms with van der Waals surface area (Å²) in [6.07, 6.45) is 0. The number of para-hydroxylation sites is 1. The Morgan fingerprint density at radius 2 is 1.96 bits per heavy atom. The number of anilines is 1. The highest BCUT2D eigenvalue weighted by Crippen LogP contribution is 2.27. The quantitative estimate of drug-likeness (QED) is 0.633. The zero-order valence-corrected chi connectivity index (χ0v) is 12.5. The minimum absolute atomic E-state index is 0.00983. The molecule has 0 aromatic heterocycles. The molecule has 0 saturated carbocycles. The first-order valence-corrected chi connectivity index (χ1v) is 6.82. The van der Waals surface area contributed by atoms with Gasteiger partial charge in [-0.05, 0) is 24.3 Å². The lowest BCUT2D eigenvalue weighted by Crippen LogP contribution is -2.22. The third kappa shape index (κ3) is 5.14. The van der Waals surface area contributed by atoms with E-state index in [4.69, 9.17) is 10.5 Å². The van der Waals surface area contributed by atoms with Crippen LogP contribution >= 0.6 is 0 Å². The van der Waals surface area contributed by atoms with Crippen LogP contribution in [0.1, 0.15) is 5.56 Å². The topological polar surface area (TPSA) is 68.9 Å². The van der Waals surface area contributed by atoms with Gasteiger partial charge in [0.05, 0.1) is 13.7 Å². The maximum absolute atomic E-state index is 12.5. The number of guanidine groups is 1. The first-order valence-electron chi connectivity index (χ1n) is 6.82. The monoisotopic (exact) mass is 321 g/mol. The number of aliphatic imine (C=N–C) groups is 1. The Balaban J connectivity index is 2.10. The molecule has 0 heterocycles. The molecule has 2 rings (SSSR count). The second-order valence-electron chi connectivity index (χ2n) is 4.54. The van der Waals surface area contributed by atoms with Crippen LogP contribution in [-0.4, -0.2) is 19.7 Å². The standard InChI is InChI=1S/C16H17F2N3O2/c1-22-13-8-7-11(14(9-13)23-15(17)18)10-20-16(19)21-12-5-3-2-4-6-12/h2-9,15H,10H2,1H3,(H3,19,20,21). The highest BCUT2D eigenvalue weighted by Gasteiger charge is 2.11. The lowest BCUT2D eigenvalue weighted by molar-refractivity contribution is -0.0505. The van der Waals surface area contributed by atoms with Crippen LogP contribution in [0.4, 0.5) is 14.5 Å². The minimum atomic E-state index is -2.93. The summed E-state index contributed by atoms with van der Waals surface area (Å²) in [5.41, 5.74) is 7.05. The molecule has 0 aliphatic heterocycles. The first kappa shape index (κ1) is 16.5. The highest BCUT2D eigenvalue weighted by atomic mass is 19.3. The van der Waals surface area contributed by atoms with Crippen molar-refractivity contribution >= 4 is 11.6 Å². The normalized spacial score (nSPS) is 11.4. The average Bonchev–Trinajstić information content (AvgIpc) is 2.54. The third-order valence-corrected chi connectivity index (χ3v) is 2.96. The van der Waals surface area contributed by atoms with Crippen molar-refractivity contribution in [2.45, 2.75) is 13.2 Å². The van der Waals surface area contributed by atoms with Crippen LogP contribution in [0.3, 0.4) is 0 Å². The molecule has 5 nitrogen and oxygen atoms in total. The van der Waals surface area contributed by atoms with Gasteiger partial charge >= 0.3 is 6.61 Å². The number of alkyl halides is 2. The fraction of sp³-hybridized carbons (Fsp3) is 0.188. The fourth-order valence-electron chi connectivity index (χ4n) is 1.88. The van der Waals surface area contributed by atoms with Gasteiger partial charge in [-0.25, -0.2) is 4.99 Å². The molecule has 0 fully saturated rings. The zero-order valence-electron chi connectivity index (χ0n) is 12.5. The number of rotatable bonds is 6. The van der Waals surface area contributed by atoms with Crippen molar-refractivity contribution in [3.63, 3.8) is 0 Å². The Morgan fingerprint density at radius 1 is 1.22 bits per heavy atom. The van der Waals surface area contributed by atoms with E-state index in [1.54, 1.807) is 12.1 Å². The summed E-state index contributed by atoms with van der Waals surface area (Å²) in [5.74, 6) is 0.606. The molecule has 0 aliphatic rings. The lowest BCUT2D eigenvalue weighted by Gasteiger charge is -2.11. The van der Waals surface area contributed by atoms with Crippen molar-refractivity contribution in [3.8, 4) is 11.5 Å². The summed E-state index contributed by atoms with van der Waals surface area (Å²) in [4.78, 5) is 4.13. The maximum atomic E-state index is 12.5. The van der Waals surface area contributed by atoms with Crippen molar-refractivity contribution in [2.24, 2.45) is 10.7 Å². The van der Waals surface area contributed by atoms with Gasteiger partial charge in [-0.15, -0.1) is 0 Å². The molecule has 0 radical (unpaired) electrons. The lowest BCUT2D eigenvalue weighted by atomic mass is 10.2. The number of methoxy groups -OCH3 is 1. The summed E-state index contributed by atoms with van der Waals surface area (Å²) in [7, 11) is 1.45. The number of hydrogen-bond donors (Lipinski definition) is 2. The van der Waals surface area contributed by atoms with E-state index in [2.05, 4.69) is 15.0 Å². The van der Waals surface area contributed by atoms with Gasteiger partial charge in [-0.1, -0.05) is 18.2 Å². The van der Waals surface area contributed by atoms with Crippen molar-refractivity contribution < 1.29 is 18.3 Å². The van der Waals surface area contributed by atoms with E-state index in [1.807, 2.05) is 30.3 Å². The van der Waals surface area contributed by atoms with E-state index in [0.29, 0.717) is 11.3 Å². The van der Waals surface area contributed by atoms with E-state index in [0.717, 1.165) is 5.69 Å². The Kier molecular flexibility index (Phi) is 5.74. The number of nitrogens with two attached hydrogens (primary N) is 1. The van der Waals surface area contributed by atoms with Crippen LogP contribution in [0.25, 0.3) is 0 Å². The summed E-state index contributed by atoms with van der Waals surface area (Å²) >= 11 is 0. The third-order valence-electron chi connectivity index (χ3n) is 2.96. The summed E-state index contributed by atoms with van der Waals surface area (Å²) < 4.78 is 34.5. The van der Waals surface area contributed by atoms with Gasteiger partial charge in [0.2, 0.25) is 0 Å². The molecule has 0 atom stereocenters. The number of ether oxygens (including phenoxy) is 2. The minimum Gasteiger partial charge on any atom is -0.497 e. The molecule has 2 aromatic rings.